The van der Waals surface area contributed by atoms with E-state index >= 15 is 0 Å². The molecule has 2 saturated heterocycles. The van der Waals surface area contributed by atoms with E-state index in [1.807, 2.05) is 7.05 Å². The van der Waals surface area contributed by atoms with Gasteiger partial charge in [-0.25, -0.2) is 4.68 Å². The Balaban J connectivity index is 0.00000192. The number of piperidine rings is 1. The van der Waals surface area contributed by atoms with Gasteiger partial charge < -0.3 is 10.1 Å². The van der Waals surface area contributed by atoms with Crippen molar-refractivity contribution in [3.8, 4) is 0 Å². The van der Waals surface area contributed by atoms with E-state index in [1.54, 1.807) is 4.68 Å². The number of hydrogen-bond donors (Lipinski definition) is 2. The Bertz CT molecular complexity index is 510. The van der Waals surface area contributed by atoms with Gasteiger partial charge in [-0.2, -0.15) is 10.1 Å². The number of ether oxygens (including phenoxy) is 1. The van der Waals surface area contributed by atoms with Crippen LogP contribution in [0.25, 0.3) is 0 Å². The Hall–Kier alpha value is -1.18. The molecule has 0 saturated carbocycles. The Morgan fingerprint density at radius 3 is 2.83 bits per heavy atom. The van der Waals surface area contributed by atoms with E-state index in [0.717, 1.165) is 57.6 Å². The van der Waals surface area contributed by atoms with Gasteiger partial charge in [0.25, 0.3) is 0 Å². The van der Waals surface area contributed by atoms with E-state index in [-0.39, 0.29) is 24.4 Å². The van der Waals surface area contributed by atoms with Crippen molar-refractivity contribution < 1.29 is 9.53 Å². The van der Waals surface area contributed by atoms with E-state index in [1.165, 1.54) is 0 Å². The van der Waals surface area contributed by atoms with Crippen molar-refractivity contribution in [3.05, 3.63) is 5.82 Å². The summed E-state index contributed by atoms with van der Waals surface area (Å²) in [6.07, 6.45) is 5.75. The average molecular weight is 344 g/mol. The summed E-state index contributed by atoms with van der Waals surface area (Å²) in [6.45, 7) is 2.77. The number of amides is 1. The smallest absolute Gasteiger partial charge is 0.229 e. The molecule has 0 bridgehead atoms. The highest BCUT2D eigenvalue weighted by Gasteiger charge is 2.22. The second-order valence-electron chi connectivity index (χ2n) is 6.18. The van der Waals surface area contributed by atoms with Gasteiger partial charge in [0.1, 0.15) is 0 Å². The number of anilines is 1. The third kappa shape index (κ3) is 4.89. The Labute approximate surface area is 143 Å². The highest BCUT2D eigenvalue weighted by Crippen LogP contribution is 2.23. The largest absolute Gasteiger partial charge is 0.378 e. The zero-order chi connectivity index (χ0) is 15.4. The lowest BCUT2D eigenvalue weighted by molar-refractivity contribution is -0.119. The standard InChI is InChI=1S/C15H25N5O2.ClH/c1-20-15(17-13(21)10-12-4-2-3-9-22-12)18-14(19-20)11-5-7-16-8-6-11;/h11-12,16H,2-10H2,1H3,(H,17,18,19,21);1H. The zero-order valence-corrected chi connectivity index (χ0v) is 14.4. The van der Waals surface area contributed by atoms with Crippen LogP contribution in [0, 0.1) is 0 Å². The van der Waals surface area contributed by atoms with Crippen molar-refractivity contribution in [2.75, 3.05) is 25.0 Å². The van der Waals surface area contributed by atoms with Gasteiger partial charge in [-0.15, -0.1) is 12.4 Å². The number of nitrogens with zero attached hydrogens (tertiary/aromatic N) is 3. The van der Waals surface area contributed by atoms with Crippen LogP contribution in [0.3, 0.4) is 0 Å². The predicted molar refractivity (Wildman–Crippen MR) is 89.9 cm³/mol. The Morgan fingerprint density at radius 1 is 1.35 bits per heavy atom. The molecule has 3 heterocycles. The Kier molecular flexibility index (Phi) is 6.80. The quantitative estimate of drug-likeness (QED) is 0.868. The molecule has 130 valence electrons. The number of nitrogens with one attached hydrogen (secondary N) is 2. The maximum absolute atomic E-state index is 12.1. The second-order valence-corrected chi connectivity index (χ2v) is 6.18. The van der Waals surface area contributed by atoms with Gasteiger partial charge in [-0.05, 0) is 45.2 Å². The number of rotatable bonds is 4. The molecule has 1 aromatic heterocycles. The molecule has 1 unspecified atom stereocenters. The monoisotopic (exact) mass is 343 g/mol. The first kappa shape index (κ1) is 18.2. The minimum absolute atomic E-state index is 0. The van der Waals surface area contributed by atoms with Crippen LogP contribution < -0.4 is 10.6 Å². The minimum atomic E-state index is -0.0424. The molecule has 2 aliphatic rings. The number of hydrogen-bond acceptors (Lipinski definition) is 5. The van der Waals surface area contributed by atoms with Gasteiger partial charge in [0.15, 0.2) is 5.82 Å². The van der Waals surface area contributed by atoms with Gasteiger partial charge in [0.05, 0.1) is 12.5 Å². The fraction of sp³-hybridized carbons (Fsp3) is 0.800. The summed E-state index contributed by atoms with van der Waals surface area (Å²) in [5.74, 6) is 1.72. The van der Waals surface area contributed by atoms with Gasteiger partial charge in [0.2, 0.25) is 11.9 Å². The molecule has 1 atom stereocenters. The summed E-state index contributed by atoms with van der Waals surface area (Å²) in [5.41, 5.74) is 0. The van der Waals surface area contributed by atoms with Crippen LogP contribution in [0.2, 0.25) is 0 Å². The van der Waals surface area contributed by atoms with Gasteiger partial charge in [-0.3, -0.25) is 10.1 Å². The number of carbonyl (C=O) groups is 1. The summed E-state index contributed by atoms with van der Waals surface area (Å²) >= 11 is 0. The lowest BCUT2D eigenvalue weighted by atomic mass is 9.98. The third-order valence-corrected chi connectivity index (χ3v) is 4.42. The van der Waals surface area contributed by atoms with Gasteiger partial charge >= 0.3 is 0 Å². The minimum Gasteiger partial charge on any atom is -0.378 e. The summed E-state index contributed by atoms with van der Waals surface area (Å²) in [7, 11) is 1.82. The van der Waals surface area contributed by atoms with Crippen LogP contribution in [-0.2, 0) is 16.6 Å². The fourth-order valence-corrected chi connectivity index (χ4v) is 3.12. The van der Waals surface area contributed by atoms with Crippen LogP contribution >= 0.6 is 12.4 Å². The van der Waals surface area contributed by atoms with Crippen molar-refractivity contribution in [3.63, 3.8) is 0 Å². The maximum atomic E-state index is 12.1. The molecule has 1 amide bonds. The number of aryl methyl sites for hydroxylation is 1. The molecule has 1 aromatic rings. The first-order valence-electron chi connectivity index (χ1n) is 8.25. The predicted octanol–water partition coefficient (Wildman–Crippen LogP) is 1.60. The molecular formula is C15H26ClN5O2. The molecule has 0 aromatic carbocycles. The molecule has 2 fully saturated rings. The number of aromatic nitrogens is 3. The molecule has 23 heavy (non-hydrogen) atoms. The summed E-state index contributed by atoms with van der Waals surface area (Å²) in [4.78, 5) is 16.7. The molecular weight excluding hydrogens is 318 g/mol. The molecule has 3 rings (SSSR count). The van der Waals surface area contributed by atoms with Crippen molar-refractivity contribution in [1.29, 1.82) is 0 Å². The van der Waals surface area contributed by atoms with Crippen LogP contribution in [0.4, 0.5) is 5.95 Å². The van der Waals surface area contributed by atoms with Crippen molar-refractivity contribution in [1.82, 2.24) is 20.1 Å². The van der Waals surface area contributed by atoms with Crippen LogP contribution in [0.15, 0.2) is 0 Å². The first-order valence-corrected chi connectivity index (χ1v) is 8.25. The lowest BCUT2D eigenvalue weighted by Crippen LogP contribution is -2.27. The van der Waals surface area contributed by atoms with E-state index in [2.05, 4.69) is 20.7 Å². The Morgan fingerprint density at radius 2 is 2.13 bits per heavy atom. The van der Waals surface area contributed by atoms with Crippen LogP contribution in [0.1, 0.15) is 50.3 Å². The molecule has 0 aliphatic carbocycles. The second kappa shape index (κ2) is 8.61. The molecule has 8 heteroatoms. The maximum Gasteiger partial charge on any atom is 0.229 e. The van der Waals surface area contributed by atoms with E-state index in [9.17, 15) is 4.79 Å². The molecule has 2 aliphatic heterocycles. The van der Waals surface area contributed by atoms with Crippen molar-refractivity contribution >= 4 is 24.3 Å². The molecule has 7 nitrogen and oxygen atoms in total. The molecule has 0 radical (unpaired) electrons. The van der Waals surface area contributed by atoms with Gasteiger partial charge in [-0.1, -0.05) is 0 Å². The van der Waals surface area contributed by atoms with Gasteiger partial charge in [0, 0.05) is 19.6 Å². The third-order valence-electron chi connectivity index (χ3n) is 4.42. The van der Waals surface area contributed by atoms with E-state index in [0.29, 0.717) is 18.3 Å². The van der Waals surface area contributed by atoms with Crippen LogP contribution in [0.5, 0.6) is 0 Å². The topological polar surface area (TPSA) is 81.1 Å². The fourth-order valence-electron chi connectivity index (χ4n) is 3.12. The van der Waals surface area contributed by atoms with E-state index in [4.69, 9.17) is 4.74 Å². The number of carbonyl (C=O) groups excluding carboxylic acids is 1. The lowest BCUT2D eigenvalue weighted by Gasteiger charge is -2.21. The highest BCUT2D eigenvalue weighted by atomic mass is 35.5. The zero-order valence-electron chi connectivity index (χ0n) is 13.6. The van der Waals surface area contributed by atoms with Crippen LogP contribution in [-0.4, -0.2) is 46.5 Å². The first-order chi connectivity index (χ1) is 10.7. The van der Waals surface area contributed by atoms with E-state index < -0.39 is 0 Å². The summed E-state index contributed by atoms with van der Waals surface area (Å²) in [6, 6.07) is 0. The molecule has 0 spiro atoms. The summed E-state index contributed by atoms with van der Waals surface area (Å²) in [5, 5.41) is 10.7. The summed E-state index contributed by atoms with van der Waals surface area (Å²) < 4.78 is 7.27. The van der Waals surface area contributed by atoms with Crippen molar-refractivity contribution in [2.45, 2.75) is 50.5 Å². The molecule has 2 N–H and O–H groups in total. The number of halogens is 1. The highest BCUT2D eigenvalue weighted by molar-refractivity contribution is 5.89. The SMILES string of the molecule is Cl.Cn1nc(C2CCNCC2)nc1NC(=O)CC1CCCCO1. The average Bonchev–Trinajstić information content (AvgIpc) is 2.90. The van der Waals surface area contributed by atoms with Crippen molar-refractivity contribution in [2.24, 2.45) is 7.05 Å². The normalized spacial score (nSPS) is 22.4.